The molecule has 0 fully saturated rings. The highest BCUT2D eigenvalue weighted by atomic mass is 35.5. The number of nitrogens with zero attached hydrogens (tertiary/aromatic N) is 1. The number of carbonyl (C=O) groups excluding carboxylic acids is 1. The van der Waals surface area contributed by atoms with E-state index in [1.165, 1.54) is 11.8 Å². The van der Waals surface area contributed by atoms with Gasteiger partial charge in [0, 0.05) is 10.5 Å². The van der Waals surface area contributed by atoms with E-state index in [4.69, 9.17) is 16.4 Å². The van der Waals surface area contributed by atoms with Gasteiger partial charge in [-0.2, -0.15) is 0 Å². The maximum absolute atomic E-state index is 12.4. The van der Waals surface area contributed by atoms with E-state index < -0.39 is 5.97 Å². The minimum Gasteiger partial charge on any atom is -0.508 e. The SMILES string of the molecule is CSc1ccc(Cl)c(C(=O)ON=C2CC(C)Cc3cc(O)ccc32)c1. The number of carbonyl (C=O) groups is 1. The number of phenols is 1. The molecule has 25 heavy (non-hydrogen) atoms. The van der Waals surface area contributed by atoms with Gasteiger partial charge in [-0.3, -0.25) is 0 Å². The summed E-state index contributed by atoms with van der Waals surface area (Å²) in [5, 5.41) is 14.1. The van der Waals surface area contributed by atoms with E-state index in [0.29, 0.717) is 28.6 Å². The molecule has 0 spiro atoms. The van der Waals surface area contributed by atoms with Crippen LogP contribution in [0, 0.1) is 5.92 Å². The van der Waals surface area contributed by atoms with Crippen molar-refractivity contribution in [1.29, 1.82) is 0 Å². The lowest BCUT2D eigenvalue weighted by Crippen LogP contribution is -2.19. The molecular formula is C19H18ClNO3S. The smallest absolute Gasteiger partial charge is 0.367 e. The van der Waals surface area contributed by atoms with Crippen LogP contribution in [-0.2, 0) is 11.3 Å². The van der Waals surface area contributed by atoms with Crippen LogP contribution in [0.25, 0.3) is 0 Å². The molecular weight excluding hydrogens is 358 g/mol. The Morgan fingerprint density at radius 3 is 2.84 bits per heavy atom. The monoisotopic (exact) mass is 375 g/mol. The van der Waals surface area contributed by atoms with Crippen molar-refractivity contribution in [3.8, 4) is 5.75 Å². The average molecular weight is 376 g/mol. The number of hydrogen-bond acceptors (Lipinski definition) is 5. The summed E-state index contributed by atoms with van der Waals surface area (Å²) in [5.74, 6) is 0.00645. The highest BCUT2D eigenvalue weighted by molar-refractivity contribution is 7.98. The topological polar surface area (TPSA) is 58.9 Å². The second kappa shape index (κ2) is 7.50. The molecule has 0 saturated carbocycles. The number of fused-ring (bicyclic) bond motifs is 1. The van der Waals surface area contributed by atoms with Gasteiger partial charge in [-0.1, -0.05) is 23.7 Å². The first-order valence-corrected chi connectivity index (χ1v) is 9.52. The van der Waals surface area contributed by atoms with E-state index in [0.717, 1.165) is 22.4 Å². The molecule has 4 nitrogen and oxygen atoms in total. The summed E-state index contributed by atoms with van der Waals surface area (Å²) >= 11 is 7.63. The Labute approximate surface area is 155 Å². The summed E-state index contributed by atoms with van der Waals surface area (Å²) in [6.45, 7) is 2.10. The Balaban J connectivity index is 1.86. The zero-order chi connectivity index (χ0) is 18.0. The van der Waals surface area contributed by atoms with Crippen LogP contribution in [0.4, 0.5) is 0 Å². The average Bonchev–Trinajstić information content (AvgIpc) is 2.59. The fourth-order valence-electron chi connectivity index (χ4n) is 2.94. The number of hydrogen-bond donors (Lipinski definition) is 1. The van der Waals surface area contributed by atoms with E-state index in [-0.39, 0.29) is 5.75 Å². The number of benzene rings is 2. The molecule has 0 heterocycles. The summed E-state index contributed by atoms with van der Waals surface area (Å²) in [4.78, 5) is 18.5. The van der Waals surface area contributed by atoms with Gasteiger partial charge in [-0.25, -0.2) is 4.79 Å². The van der Waals surface area contributed by atoms with Crippen LogP contribution in [0.3, 0.4) is 0 Å². The third-order valence-electron chi connectivity index (χ3n) is 4.14. The van der Waals surface area contributed by atoms with Crippen LogP contribution in [0.5, 0.6) is 5.75 Å². The molecule has 2 aromatic carbocycles. The maximum atomic E-state index is 12.4. The van der Waals surface area contributed by atoms with Crippen LogP contribution in [0.2, 0.25) is 5.02 Å². The third kappa shape index (κ3) is 3.99. The van der Waals surface area contributed by atoms with E-state index in [1.807, 2.05) is 18.4 Å². The Hall–Kier alpha value is -1.98. The summed E-state index contributed by atoms with van der Waals surface area (Å²) < 4.78 is 0. The largest absolute Gasteiger partial charge is 0.508 e. The standard InChI is InChI=1S/C19H18ClNO3S/c1-11-7-12-9-13(22)3-5-15(12)18(8-11)21-24-19(23)16-10-14(25-2)4-6-17(16)20/h3-6,9-11,22H,7-8H2,1-2H3. The fourth-order valence-corrected chi connectivity index (χ4v) is 3.57. The van der Waals surface area contributed by atoms with Gasteiger partial charge in [0.1, 0.15) is 5.75 Å². The molecule has 0 bridgehead atoms. The van der Waals surface area contributed by atoms with Gasteiger partial charge in [0.25, 0.3) is 0 Å². The Bertz CT molecular complexity index is 851. The summed E-state index contributed by atoms with van der Waals surface area (Å²) in [6.07, 6.45) is 3.50. The van der Waals surface area contributed by atoms with Gasteiger partial charge in [0.05, 0.1) is 16.3 Å². The molecule has 3 rings (SSSR count). The molecule has 6 heteroatoms. The quantitative estimate of drug-likeness (QED) is 0.470. The van der Waals surface area contributed by atoms with Crippen molar-refractivity contribution in [2.24, 2.45) is 11.1 Å². The lowest BCUT2D eigenvalue weighted by Gasteiger charge is -2.22. The van der Waals surface area contributed by atoms with E-state index in [9.17, 15) is 9.90 Å². The third-order valence-corrected chi connectivity index (χ3v) is 5.20. The first kappa shape index (κ1) is 17.8. The minimum atomic E-state index is -0.577. The summed E-state index contributed by atoms with van der Waals surface area (Å²) in [7, 11) is 0. The molecule has 1 atom stereocenters. The Morgan fingerprint density at radius 2 is 2.08 bits per heavy atom. The van der Waals surface area contributed by atoms with E-state index >= 15 is 0 Å². The second-order valence-corrected chi connectivity index (χ2v) is 7.40. The van der Waals surface area contributed by atoms with E-state index in [2.05, 4.69) is 12.1 Å². The molecule has 0 saturated heterocycles. The number of phenolic OH excluding ortho intramolecular Hbond substituents is 1. The number of halogens is 1. The normalized spacial score (nSPS) is 18.0. The minimum absolute atomic E-state index is 0.227. The van der Waals surface area contributed by atoms with Crippen molar-refractivity contribution in [3.05, 3.63) is 58.1 Å². The molecule has 1 aliphatic rings. The van der Waals surface area contributed by atoms with Gasteiger partial charge in [0.2, 0.25) is 0 Å². The summed E-state index contributed by atoms with van der Waals surface area (Å²) in [6, 6.07) is 10.4. The van der Waals surface area contributed by atoms with Crippen LogP contribution in [0.15, 0.2) is 46.4 Å². The van der Waals surface area contributed by atoms with Crippen LogP contribution in [-0.4, -0.2) is 23.0 Å². The van der Waals surface area contributed by atoms with Gasteiger partial charge in [-0.15, -0.1) is 11.8 Å². The first-order valence-electron chi connectivity index (χ1n) is 7.92. The zero-order valence-corrected chi connectivity index (χ0v) is 15.5. The highest BCUT2D eigenvalue weighted by Crippen LogP contribution is 2.29. The van der Waals surface area contributed by atoms with Gasteiger partial charge in [-0.05, 0) is 67.0 Å². The molecule has 0 amide bonds. The molecule has 130 valence electrons. The van der Waals surface area contributed by atoms with Crippen LogP contribution >= 0.6 is 23.4 Å². The molecule has 1 aliphatic carbocycles. The van der Waals surface area contributed by atoms with Crippen molar-refractivity contribution >= 4 is 35.0 Å². The predicted octanol–water partition coefficient (Wildman–Crippen LogP) is 4.91. The first-order chi connectivity index (χ1) is 12.0. The Morgan fingerprint density at radius 1 is 1.28 bits per heavy atom. The fraction of sp³-hybridized carbons (Fsp3) is 0.263. The van der Waals surface area contributed by atoms with Gasteiger partial charge < -0.3 is 9.94 Å². The number of aromatic hydroxyl groups is 1. The van der Waals surface area contributed by atoms with Crippen molar-refractivity contribution in [1.82, 2.24) is 0 Å². The van der Waals surface area contributed by atoms with Crippen LogP contribution < -0.4 is 0 Å². The molecule has 0 radical (unpaired) electrons. The van der Waals surface area contributed by atoms with Crippen molar-refractivity contribution in [2.45, 2.75) is 24.7 Å². The lowest BCUT2D eigenvalue weighted by molar-refractivity contribution is 0.0515. The molecule has 2 aromatic rings. The molecule has 0 aromatic heterocycles. The van der Waals surface area contributed by atoms with Gasteiger partial charge >= 0.3 is 5.97 Å². The number of oxime groups is 1. The summed E-state index contributed by atoms with van der Waals surface area (Å²) in [5.41, 5.74) is 2.93. The maximum Gasteiger partial charge on any atom is 0.367 e. The second-order valence-electron chi connectivity index (χ2n) is 6.12. The van der Waals surface area contributed by atoms with Gasteiger partial charge in [0.15, 0.2) is 0 Å². The highest BCUT2D eigenvalue weighted by Gasteiger charge is 2.22. The van der Waals surface area contributed by atoms with E-state index in [1.54, 1.807) is 24.3 Å². The number of rotatable bonds is 3. The van der Waals surface area contributed by atoms with Crippen LogP contribution in [0.1, 0.15) is 34.8 Å². The molecule has 1 unspecified atom stereocenters. The lowest BCUT2D eigenvalue weighted by atomic mass is 9.83. The number of thioether (sulfide) groups is 1. The zero-order valence-electron chi connectivity index (χ0n) is 14.0. The van der Waals surface area contributed by atoms with Crippen molar-refractivity contribution < 1.29 is 14.7 Å². The van der Waals surface area contributed by atoms with Crippen molar-refractivity contribution in [3.63, 3.8) is 0 Å². The van der Waals surface area contributed by atoms with Crippen molar-refractivity contribution in [2.75, 3.05) is 6.26 Å². The Kier molecular flexibility index (Phi) is 5.35. The molecule has 1 N–H and O–H groups in total. The molecule has 0 aliphatic heterocycles. The predicted molar refractivity (Wildman–Crippen MR) is 101 cm³/mol.